The Kier molecular flexibility index (Phi) is 3.64. The van der Waals surface area contributed by atoms with Crippen molar-refractivity contribution in [2.75, 3.05) is 6.54 Å². The van der Waals surface area contributed by atoms with Crippen LogP contribution in [0.1, 0.15) is 69.8 Å². The Morgan fingerprint density at radius 1 is 1.17 bits per heavy atom. The highest BCUT2D eigenvalue weighted by atomic mass is 16.3. The second-order valence-corrected chi connectivity index (χ2v) is 9.28. The molecule has 1 heterocycles. The van der Waals surface area contributed by atoms with E-state index in [1.165, 1.54) is 6.42 Å². The van der Waals surface area contributed by atoms with Crippen molar-refractivity contribution >= 4 is 5.91 Å². The topological polar surface area (TPSA) is 40.5 Å². The lowest BCUT2D eigenvalue weighted by Crippen LogP contribution is -2.37. The number of amides is 1. The molecule has 2 aliphatic rings. The van der Waals surface area contributed by atoms with Crippen LogP contribution in [0.5, 0.6) is 0 Å². The maximum absolute atomic E-state index is 13.0. The smallest absolute Gasteiger partial charge is 0.254 e. The zero-order valence-corrected chi connectivity index (χ0v) is 15.0. The lowest BCUT2D eigenvalue weighted by atomic mass is 9.65. The summed E-state index contributed by atoms with van der Waals surface area (Å²) in [5.41, 5.74) is 1.27. The average Bonchev–Trinajstić information content (AvgIpc) is 2.66. The molecular weight excluding hydrogens is 286 g/mol. The lowest BCUT2D eigenvalue weighted by molar-refractivity contribution is 0.0703. The van der Waals surface area contributed by atoms with Crippen molar-refractivity contribution in [1.29, 1.82) is 0 Å². The summed E-state index contributed by atoms with van der Waals surface area (Å²) in [5.74, 6) is 0.138. The highest BCUT2D eigenvalue weighted by Gasteiger charge is 2.50. The number of rotatable bonds is 2. The minimum atomic E-state index is -0.872. The molecule has 1 aromatic carbocycles. The Balaban J connectivity index is 1.82. The summed E-state index contributed by atoms with van der Waals surface area (Å²) in [6.45, 7) is 11.4. The molecular formula is C20H29NO2. The standard InChI is InChI=1S/C20H29NO2/c1-18(2)10-16-11-20(5,12-18)13-21(16)17(22)14-6-8-15(9-7-14)19(3,4)23/h6-9,16,23H,10-13H2,1-5H3. The van der Waals surface area contributed by atoms with Gasteiger partial charge in [0.1, 0.15) is 0 Å². The van der Waals surface area contributed by atoms with Crippen LogP contribution in [-0.4, -0.2) is 28.5 Å². The number of carbonyl (C=O) groups excluding carboxylic acids is 1. The van der Waals surface area contributed by atoms with Crippen molar-refractivity contribution in [1.82, 2.24) is 4.90 Å². The molecule has 126 valence electrons. The fourth-order valence-electron chi connectivity index (χ4n) is 4.88. The van der Waals surface area contributed by atoms with Gasteiger partial charge in [-0.05, 0) is 61.6 Å². The largest absolute Gasteiger partial charge is 0.386 e. The first-order valence-corrected chi connectivity index (χ1v) is 8.63. The summed E-state index contributed by atoms with van der Waals surface area (Å²) in [6.07, 6.45) is 3.41. The summed E-state index contributed by atoms with van der Waals surface area (Å²) in [4.78, 5) is 15.1. The summed E-state index contributed by atoms with van der Waals surface area (Å²) < 4.78 is 0. The molecule has 0 spiro atoms. The van der Waals surface area contributed by atoms with Crippen LogP contribution in [0.3, 0.4) is 0 Å². The Labute approximate surface area is 139 Å². The predicted molar refractivity (Wildman–Crippen MR) is 92.3 cm³/mol. The minimum Gasteiger partial charge on any atom is -0.386 e. The maximum Gasteiger partial charge on any atom is 0.254 e. The van der Waals surface area contributed by atoms with E-state index in [0.717, 1.165) is 30.5 Å². The van der Waals surface area contributed by atoms with E-state index < -0.39 is 5.60 Å². The van der Waals surface area contributed by atoms with Crippen molar-refractivity contribution in [3.05, 3.63) is 35.4 Å². The molecule has 1 aliphatic carbocycles. The molecule has 3 nitrogen and oxygen atoms in total. The van der Waals surface area contributed by atoms with E-state index in [9.17, 15) is 9.90 Å². The molecule has 2 bridgehead atoms. The molecule has 2 unspecified atom stereocenters. The Bertz CT molecular complexity index is 612. The third-order valence-electron chi connectivity index (χ3n) is 5.51. The van der Waals surface area contributed by atoms with Crippen molar-refractivity contribution in [2.24, 2.45) is 10.8 Å². The second kappa shape index (κ2) is 5.07. The summed E-state index contributed by atoms with van der Waals surface area (Å²) >= 11 is 0. The third-order valence-corrected chi connectivity index (χ3v) is 5.51. The first kappa shape index (κ1) is 16.5. The molecule has 1 aromatic rings. The van der Waals surface area contributed by atoms with Crippen LogP contribution in [-0.2, 0) is 5.60 Å². The van der Waals surface area contributed by atoms with E-state index in [1.807, 2.05) is 24.3 Å². The molecule has 2 fully saturated rings. The van der Waals surface area contributed by atoms with Crippen molar-refractivity contribution in [2.45, 2.75) is 65.5 Å². The number of carbonyl (C=O) groups is 1. The number of benzene rings is 1. The fraction of sp³-hybridized carbons (Fsp3) is 0.650. The third kappa shape index (κ3) is 3.16. The number of aliphatic hydroxyl groups is 1. The molecule has 23 heavy (non-hydrogen) atoms. The summed E-state index contributed by atoms with van der Waals surface area (Å²) in [5, 5.41) is 10.0. The van der Waals surface area contributed by atoms with E-state index in [2.05, 4.69) is 25.7 Å². The number of likely N-dealkylation sites (tertiary alicyclic amines) is 1. The van der Waals surface area contributed by atoms with Crippen molar-refractivity contribution in [3.8, 4) is 0 Å². The Morgan fingerprint density at radius 2 is 1.78 bits per heavy atom. The molecule has 3 heteroatoms. The van der Waals surface area contributed by atoms with Gasteiger partial charge >= 0.3 is 0 Å². The molecule has 1 N–H and O–H groups in total. The van der Waals surface area contributed by atoms with E-state index in [-0.39, 0.29) is 11.3 Å². The molecule has 2 atom stereocenters. The highest BCUT2D eigenvalue weighted by Crippen LogP contribution is 2.52. The first-order valence-electron chi connectivity index (χ1n) is 8.63. The molecule has 1 saturated heterocycles. The van der Waals surface area contributed by atoms with Crippen LogP contribution in [0.4, 0.5) is 0 Å². The lowest BCUT2D eigenvalue weighted by Gasteiger charge is -2.39. The van der Waals surface area contributed by atoms with Gasteiger partial charge in [-0.1, -0.05) is 32.9 Å². The van der Waals surface area contributed by atoms with Gasteiger partial charge in [0, 0.05) is 18.2 Å². The monoisotopic (exact) mass is 315 g/mol. The second-order valence-electron chi connectivity index (χ2n) is 9.28. The van der Waals surface area contributed by atoms with Gasteiger partial charge in [-0.3, -0.25) is 4.79 Å². The van der Waals surface area contributed by atoms with Crippen molar-refractivity contribution in [3.63, 3.8) is 0 Å². The van der Waals surface area contributed by atoms with Crippen LogP contribution in [0.15, 0.2) is 24.3 Å². The van der Waals surface area contributed by atoms with Crippen molar-refractivity contribution < 1.29 is 9.90 Å². The van der Waals surface area contributed by atoms with Gasteiger partial charge in [0.2, 0.25) is 0 Å². The van der Waals surface area contributed by atoms with E-state index in [1.54, 1.807) is 13.8 Å². The van der Waals surface area contributed by atoms with E-state index in [4.69, 9.17) is 0 Å². The van der Waals surface area contributed by atoms with Gasteiger partial charge in [-0.15, -0.1) is 0 Å². The fourth-order valence-corrected chi connectivity index (χ4v) is 4.88. The average molecular weight is 315 g/mol. The number of hydrogen-bond donors (Lipinski definition) is 1. The van der Waals surface area contributed by atoms with Gasteiger partial charge in [0.15, 0.2) is 0 Å². The molecule has 0 aromatic heterocycles. The molecule has 0 radical (unpaired) electrons. The number of fused-ring (bicyclic) bond motifs is 2. The molecule has 1 saturated carbocycles. The maximum atomic E-state index is 13.0. The van der Waals surface area contributed by atoms with Crippen LogP contribution < -0.4 is 0 Å². The number of nitrogens with zero attached hydrogens (tertiary/aromatic N) is 1. The van der Waals surface area contributed by atoms with Gasteiger partial charge < -0.3 is 10.0 Å². The summed E-state index contributed by atoms with van der Waals surface area (Å²) in [7, 11) is 0. The number of hydrogen-bond acceptors (Lipinski definition) is 2. The molecule has 1 aliphatic heterocycles. The van der Waals surface area contributed by atoms with Crippen LogP contribution in [0.25, 0.3) is 0 Å². The summed E-state index contributed by atoms with van der Waals surface area (Å²) in [6, 6.07) is 7.80. The molecule has 3 rings (SSSR count). The van der Waals surface area contributed by atoms with Gasteiger partial charge in [0.05, 0.1) is 5.60 Å². The van der Waals surface area contributed by atoms with E-state index in [0.29, 0.717) is 11.5 Å². The zero-order valence-electron chi connectivity index (χ0n) is 15.0. The van der Waals surface area contributed by atoms with Gasteiger partial charge in [-0.2, -0.15) is 0 Å². The van der Waals surface area contributed by atoms with Crippen LogP contribution >= 0.6 is 0 Å². The van der Waals surface area contributed by atoms with Crippen LogP contribution in [0, 0.1) is 10.8 Å². The van der Waals surface area contributed by atoms with Crippen LogP contribution in [0.2, 0.25) is 0 Å². The quantitative estimate of drug-likeness (QED) is 0.897. The van der Waals surface area contributed by atoms with E-state index >= 15 is 0 Å². The highest BCUT2D eigenvalue weighted by molar-refractivity contribution is 5.94. The minimum absolute atomic E-state index is 0.138. The van der Waals surface area contributed by atoms with Gasteiger partial charge in [-0.25, -0.2) is 0 Å². The Hall–Kier alpha value is -1.35. The molecule has 1 amide bonds. The Morgan fingerprint density at radius 3 is 2.35 bits per heavy atom. The SMILES string of the molecule is CC1(C)CC2CC(C)(CN2C(=O)c2ccc(C(C)(C)O)cc2)C1. The first-order chi connectivity index (χ1) is 10.5. The normalized spacial score (nSPS) is 29.7. The predicted octanol–water partition coefficient (Wildman–Crippen LogP) is 3.95. The zero-order chi connectivity index (χ0) is 17.0. The van der Waals surface area contributed by atoms with Gasteiger partial charge in [0.25, 0.3) is 5.91 Å².